The van der Waals surface area contributed by atoms with Crippen LogP contribution in [0.5, 0.6) is 5.75 Å². The molecule has 5 heteroatoms. The summed E-state index contributed by atoms with van der Waals surface area (Å²) in [6.45, 7) is 1.94. The minimum atomic E-state index is -0.781. The van der Waals surface area contributed by atoms with E-state index in [4.69, 9.17) is 27.9 Å². The quantitative estimate of drug-likeness (QED) is 0.581. The number of carbonyl (C=O) groups excluding carboxylic acids is 1. The average Bonchev–Trinajstić information content (AvgIpc) is 2.10. The minimum Gasteiger partial charge on any atom is -0.434 e. The summed E-state index contributed by atoms with van der Waals surface area (Å²) in [5.74, 6) is 0.231. The molecule has 0 bridgehead atoms. The molecule has 0 fully saturated rings. The molecule has 0 heterocycles. The Morgan fingerprint density at radius 1 is 1.43 bits per heavy atom. The number of ether oxygens (including phenoxy) is 2. The molecule has 3 nitrogen and oxygen atoms in total. The van der Waals surface area contributed by atoms with E-state index in [2.05, 4.69) is 4.74 Å². The highest BCUT2D eigenvalue weighted by Gasteiger charge is 2.08. The van der Waals surface area contributed by atoms with Crippen LogP contribution in [0.1, 0.15) is 6.92 Å². The van der Waals surface area contributed by atoms with Crippen LogP contribution in [0.2, 0.25) is 10.0 Å². The van der Waals surface area contributed by atoms with Crippen LogP contribution in [0.15, 0.2) is 18.2 Å². The first kappa shape index (κ1) is 11.1. The second-order valence-electron chi connectivity index (χ2n) is 2.36. The first-order valence-corrected chi connectivity index (χ1v) is 4.68. The Kier molecular flexibility index (Phi) is 4.04. The third-order valence-corrected chi connectivity index (χ3v) is 1.88. The van der Waals surface area contributed by atoms with Crippen molar-refractivity contribution in [1.82, 2.24) is 0 Å². The Balaban J connectivity index is 2.72. The van der Waals surface area contributed by atoms with Gasteiger partial charge < -0.3 is 9.47 Å². The van der Waals surface area contributed by atoms with Crippen LogP contribution in [0.4, 0.5) is 4.79 Å². The van der Waals surface area contributed by atoms with Crippen molar-refractivity contribution in [2.45, 2.75) is 6.92 Å². The van der Waals surface area contributed by atoms with Crippen LogP contribution in [0.25, 0.3) is 0 Å². The first-order valence-electron chi connectivity index (χ1n) is 3.93. The van der Waals surface area contributed by atoms with E-state index in [9.17, 15) is 4.79 Å². The molecule has 0 aliphatic heterocycles. The summed E-state index contributed by atoms with van der Waals surface area (Å²) in [6, 6.07) is 4.56. The van der Waals surface area contributed by atoms with Crippen molar-refractivity contribution in [3.8, 4) is 5.75 Å². The zero-order valence-electron chi connectivity index (χ0n) is 7.42. The maximum atomic E-state index is 10.9. The number of halogens is 2. The van der Waals surface area contributed by atoms with Gasteiger partial charge >= 0.3 is 6.16 Å². The molecule has 0 unspecified atom stereocenters. The van der Waals surface area contributed by atoms with Crippen molar-refractivity contribution in [2.75, 3.05) is 6.61 Å². The number of hydrogen-bond donors (Lipinski definition) is 0. The van der Waals surface area contributed by atoms with Crippen LogP contribution in [0.3, 0.4) is 0 Å². The predicted octanol–water partition coefficient (Wildman–Crippen LogP) is 3.53. The second kappa shape index (κ2) is 5.08. The van der Waals surface area contributed by atoms with Gasteiger partial charge in [0.05, 0.1) is 11.6 Å². The lowest BCUT2D eigenvalue weighted by Gasteiger charge is -2.05. The Morgan fingerprint density at radius 3 is 2.71 bits per heavy atom. The Bertz CT molecular complexity index is 339. The topological polar surface area (TPSA) is 35.5 Å². The van der Waals surface area contributed by atoms with Gasteiger partial charge in [0.25, 0.3) is 0 Å². The Hall–Kier alpha value is -0.930. The molecule has 0 aromatic heterocycles. The molecule has 0 amide bonds. The molecular formula is C9H8Cl2O3. The van der Waals surface area contributed by atoms with Gasteiger partial charge in [-0.25, -0.2) is 4.79 Å². The van der Waals surface area contributed by atoms with Gasteiger partial charge in [0.15, 0.2) is 5.75 Å². The van der Waals surface area contributed by atoms with Crippen LogP contribution in [-0.4, -0.2) is 12.8 Å². The van der Waals surface area contributed by atoms with Gasteiger partial charge in [-0.15, -0.1) is 0 Å². The summed E-state index contributed by atoms with van der Waals surface area (Å²) in [5, 5.41) is 0.747. The zero-order chi connectivity index (χ0) is 10.6. The van der Waals surface area contributed by atoms with Gasteiger partial charge in [-0.05, 0) is 25.1 Å². The molecule has 0 spiro atoms. The highest BCUT2D eigenvalue weighted by molar-refractivity contribution is 6.35. The van der Waals surface area contributed by atoms with Gasteiger partial charge in [-0.1, -0.05) is 23.2 Å². The molecule has 1 aromatic rings. The van der Waals surface area contributed by atoms with E-state index in [0.29, 0.717) is 5.02 Å². The highest BCUT2D eigenvalue weighted by Crippen LogP contribution is 2.27. The fraction of sp³-hybridized carbons (Fsp3) is 0.222. The van der Waals surface area contributed by atoms with Crippen LogP contribution in [-0.2, 0) is 4.74 Å². The van der Waals surface area contributed by atoms with Crippen molar-refractivity contribution in [2.24, 2.45) is 0 Å². The summed E-state index contributed by atoms with van der Waals surface area (Å²) >= 11 is 11.4. The summed E-state index contributed by atoms with van der Waals surface area (Å²) in [7, 11) is 0. The number of benzene rings is 1. The van der Waals surface area contributed by atoms with Gasteiger partial charge in [-0.3, -0.25) is 0 Å². The molecule has 0 N–H and O–H groups in total. The first-order chi connectivity index (χ1) is 6.63. The number of rotatable bonds is 2. The predicted molar refractivity (Wildman–Crippen MR) is 54.1 cm³/mol. The number of carbonyl (C=O) groups is 1. The van der Waals surface area contributed by atoms with E-state index < -0.39 is 6.16 Å². The van der Waals surface area contributed by atoms with E-state index >= 15 is 0 Å². The maximum absolute atomic E-state index is 10.9. The molecule has 0 saturated heterocycles. The van der Waals surface area contributed by atoms with E-state index in [1.807, 2.05) is 0 Å². The number of hydrogen-bond acceptors (Lipinski definition) is 3. The largest absolute Gasteiger partial charge is 0.513 e. The molecule has 0 atom stereocenters. The smallest absolute Gasteiger partial charge is 0.434 e. The maximum Gasteiger partial charge on any atom is 0.513 e. The lowest BCUT2D eigenvalue weighted by Crippen LogP contribution is -2.10. The fourth-order valence-electron chi connectivity index (χ4n) is 0.795. The monoisotopic (exact) mass is 234 g/mol. The van der Waals surface area contributed by atoms with Crippen molar-refractivity contribution < 1.29 is 14.3 Å². The molecular weight excluding hydrogens is 227 g/mol. The molecule has 76 valence electrons. The Labute approximate surface area is 91.5 Å². The van der Waals surface area contributed by atoms with Gasteiger partial charge in [0, 0.05) is 5.02 Å². The van der Waals surface area contributed by atoms with Gasteiger partial charge in [0.2, 0.25) is 0 Å². The third kappa shape index (κ3) is 3.09. The lowest BCUT2D eigenvalue weighted by molar-refractivity contribution is 0.104. The van der Waals surface area contributed by atoms with Crippen molar-refractivity contribution in [3.63, 3.8) is 0 Å². The van der Waals surface area contributed by atoms with Crippen LogP contribution >= 0.6 is 23.2 Å². The molecule has 14 heavy (non-hydrogen) atoms. The van der Waals surface area contributed by atoms with Crippen molar-refractivity contribution in [3.05, 3.63) is 28.2 Å². The summed E-state index contributed by atoms with van der Waals surface area (Å²) in [5.41, 5.74) is 0. The summed E-state index contributed by atoms with van der Waals surface area (Å²) in [4.78, 5) is 10.9. The highest BCUT2D eigenvalue weighted by atomic mass is 35.5. The second-order valence-corrected chi connectivity index (χ2v) is 3.20. The lowest BCUT2D eigenvalue weighted by atomic mass is 10.3. The van der Waals surface area contributed by atoms with Gasteiger partial charge in [-0.2, -0.15) is 0 Å². The van der Waals surface area contributed by atoms with E-state index in [0.717, 1.165) is 0 Å². The molecule has 1 rings (SSSR count). The van der Waals surface area contributed by atoms with Crippen LogP contribution < -0.4 is 4.74 Å². The van der Waals surface area contributed by atoms with Gasteiger partial charge in [0.1, 0.15) is 0 Å². The normalized spacial score (nSPS) is 9.64. The SMILES string of the molecule is CCOC(=O)Oc1ccc(Cl)cc1Cl. The molecule has 0 saturated carbocycles. The molecule has 0 aliphatic carbocycles. The molecule has 0 aliphatic rings. The standard InChI is InChI=1S/C9H8Cl2O3/c1-2-13-9(12)14-8-4-3-6(10)5-7(8)11/h3-5H,2H2,1H3. The Morgan fingerprint density at radius 2 is 2.14 bits per heavy atom. The van der Waals surface area contributed by atoms with Crippen molar-refractivity contribution in [1.29, 1.82) is 0 Å². The van der Waals surface area contributed by atoms with E-state index in [-0.39, 0.29) is 17.4 Å². The molecule has 0 radical (unpaired) electrons. The zero-order valence-corrected chi connectivity index (χ0v) is 8.93. The molecule has 1 aromatic carbocycles. The van der Waals surface area contributed by atoms with E-state index in [1.54, 1.807) is 13.0 Å². The minimum absolute atomic E-state index is 0.231. The third-order valence-electron chi connectivity index (χ3n) is 1.35. The van der Waals surface area contributed by atoms with Crippen LogP contribution in [0, 0.1) is 0 Å². The van der Waals surface area contributed by atoms with E-state index in [1.165, 1.54) is 12.1 Å². The summed E-state index contributed by atoms with van der Waals surface area (Å²) in [6.07, 6.45) is -0.781. The fourth-order valence-corrected chi connectivity index (χ4v) is 1.24. The summed E-state index contributed by atoms with van der Waals surface area (Å²) < 4.78 is 9.37. The van der Waals surface area contributed by atoms with Crippen molar-refractivity contribution >= 4 is 29.4 Å². The average molecular weight is 235 g/mol.